The maximum Gasteiger partial charge on any atom is 0.279 e. The van der Waals surface area contributed by atoms with Crippen molar-refractivity contribution in [1.29, 1.82) is 0 Å². The topological polar surface area (TPSA) is 71.9 Å². The summed E-state index contributed by atoms with van der Waals surface area (Å²) in [6.45, 7) is 7.12. The molecule has 6 nitrogen and oxygen atoms in total. The highest BCUT2D eigenvalue weighted by Crippen LogP contribution is 2.16. The first-order valence-corrected chi connectivity index (χ1v) is 9.05. The number of aryl methyl sites for hydroxylation is 2. The van der Waals surface area contributed by atoms with Gasteiger partial charge >= 0.3 is 0 Å². The van der Waals surface area contributed by atoms with Crippen LogP contribution in [0.4, 0.5) is 11.4 Å². The highest BCUT2D eigenvalue weighted by molar-refractivity contribution is 5.93. The van der Waals surface area contributed by atoms with Gasteiger partial charge in [-0.25, -0.2) is 0 Å². The highest BCUT2D eigenvalue weighted by Gasteiger charge is 2.17. The third kappa shape index (κ3) is 6.42. The number of carbonyl (C=O) groups excluding carboxylic acids is 2. The maximum atomic E-state index is 12.3. The molecule has 2 aromatic rings. The zero-order chi connectivity index (χ0) is 19.8. The van der Waals surface area contributed by atoms with Crippen molar-refractivity contribution in [2.45, 2.75) is 20.8 Å². The first-order chi connectivity index (χ1) is 12.9. The Morgan fingerprint density at radius 1 is 0.926 bits per heavy atom. The molecule has 0 aliphatic heterocycles. The second-order valence-electron chi connectivity index (χ2n) is 6.58. The van der Waals surface area contributed by atoms with Crippen molar-refractivity contribution in [1.82, 2.24) is 0 Å². The van der Waals surface area contributed by atoms with Gasteiger partial charge in [-0.2, -0.15) is 0 Å². The molecule has 0 heterocycles. The van der Waals surface area contributed by atoms with Crippen molar-refractivity contribution in [3.63, 3.8) is 0 Å². The Kier molecular flexibility index (Phi) is 7.37. The van der Waals surface area contributed by atoms with Gasteiger partial charge in [0.15, 0.2) is 13.1 Å². The number of quaternary nitrogens is 1. The van der Waals surface area contributed by atoms with E-state index in [-0.39, 0.29) is 24.9 Å². The number of rotatable bonds is 8. The van der Waals surface area contributed by atoms with Gasteiger partial charge in [-0.1, -0.05) is 12.1 Å². The SMILES string of the molecule is CC[NH+](CC(=O)Nc1cccc(OC)c1)CC(=O)Nc1ccc(C)c(C)c1. The van der Waals surface area contributed by atoms with Crippen LogP contribution in [0.2, 0.25) is 0 Å². The number of ether oxygens (including phenoxy) is 1. The molecule has 144 valence electrons. The van der Waals surface area contributed by atoms with Crippen molar-refractivity contribution >= 4 is 23.2 Å². The molecule has 0 saturated heterocycles. The van der Waals surface area contributed by atoms with Gasteiger partial charge in [0.1, 0.15) is 5.75 Å². The lowest BCUT2D eigenvalue weighted by Crippen LogP contribution is -3.13. The summed E-state index contributed by atoms with van der Waals surface area (Å²) in [5, 5.41) is 5.75. The van der Waals surface area contributed by atoms with Gasteiger partial charge in [-0.3, -0.25) is 9.59 Å². The largest absolute Gasteiger partial charge is 0.497 e. The van der Waals surface area contributed by atoms with E-state index < -0.39 is 0 Å². The fraction of sp³-hybridized carbons (Fsp3) is 0.333. The van der Waals surface area contributed by atoms with E-state index in [0.29, 0.717) is 18.0 Å². The Bertz CT molecular complexity index is 805. The van der Waals surface area contributed by atoms with Crippen LogP contribution in [-0.2, 0) is 9.59 Å². The minimum absolute atomic E-state index is 0.107. The molecule has 0 fully saturated rings. The molecule has 1 unspecified atom stereocenters. The van der Waals surface area contributed by atoms with Crippen LogP contribution in [0.5, 0.6) is 5.75 Å². The van der Waals surface area contributed by atoms with E-state index >= 15 is 0 Å². The summed E-state index contributed by atoms with van der Waals surface area (Å²) in [6.07, 6.45) is 0. The lowest BCUT2D eigenvalue weighted by molar-refractivity contribution is -0.881. The van der Waals surface area contributed by atoms with Gasteiger partial charge in [0.2, 0.25) is 0 Å². The van der Waals surface area contributed by atoms with Gasteiger partial charge in [0.25, 0.3) is 11.8 Å². The third-order valence-corrected chi connectivity index (χ3v) is 4.47. The normalized spacial score (nSPS) is 11.6. The first kappa shape index (κ1) is 20.5. The average Bonchev–Trinajstić information content (AvgIpc) is 2.64. The van der Waals surface area contributed by atoms with Crippen LogP contribution in [0, 0.1) is 13.8 Å². The second-order valence-corrected chi connectivity index (χ2v) is 6.58. The lowest BCUT2D eigenvalue weighted by atomic mass is 10.1. The number of methoxy groups -OCH3 is 1. The minimum atomic E-state index is -0.140. The molecular formula is C21H28N3O3+. The number of carbonyl (C=O) groups is 2. The smallest absolute Gasteiger partial charge is 0.279 e. The zero-order valence-electron chi connectivity index (χ0n) is 16.4. The predicted molar refractivity (Wildman–Crippen MR) is 107 cm³/mol. The van der Waals surface area contributed by atoms with E-state index in [1.807, 2.05) is 51.1 Å². The third-order valence-electron chi connectivity index (χ3n) is 4.47. The van der Waals surface area contributed by atoms with E-state index in [2.05, 4.69) is 10.6 Å². The Hall–Kier alpha value is -2.86. The number of hydrogen-bond acceptors (Lipinski definition) is 3. The summed E-state index contributed by atoms with van der Waals surface area (Å²) >= 11 is 0. The van der Waals surface area contributed by atoms with Crippen LogP contribution in [0.25, 0.3) is 0 Å². The Morgan fingerprint density at radius 2 is 1.56 bits per heavy atom. The van der Waals surface area contributed by atoms with Crippen molar-refractivity contribution in [3.8, 4) is 5.75 Å². The number of benzene rings is 2. The summed E-state index contributed by atoms with van der Waals surface area (Å²) in [7, 11) is 1.58. The highest BCUT2D eigenvalue weighted by atomic mass is 16.5. The quantitative estimate of drug-likeness (QED) is 0.663. The summed E-state index contributed by atoms with van der Waals surface area (Å²) in [4.78, 5) is 25.5. The van der Waals surface area contributed by atoms with Crippen LogP contribution < -0.4 is 20.3 Å². The summed E-state index contributed by atoms with van der Waals surface area (Å²) < 4.78 is 5.15. The van der Waals surface area contributed by atoms with Crippen molar-refractivity contribution in [3.05, 3.63) is 53.6 Å². The van der Waals surface area contributed by atoms with E-state index in [4.69, 9.17) is 4.74 Å². The van der Waals surface area contributed by atoms with Gasteiger partial charge in [0, 0.05) is 17.4 Å². The summed E-state index contributed by atoms with van der Waals surface area (Å²) in [5.41, 5.74) is 3.77. The van der Waals surface area contributed by atoms with Crippen molar-refractivity contribution in [2.24, 2.45) is 0 Å². The van der Waals surface area contributed by atoms with Gasteiger partial charge < -0.3 is 20.3 Å². The minimum Gasteiger partial charge on any atom is -0.497 e. The Balaban J connectivity index is 1.88. The Morgan fingerprint density at radius 3 is 2.11 bits per heavy atom. The average molecular weight is 370 g/mol. The summed E-state index contributed by atoms with van der Waals surface area (Å²) in [5.74, 6) is 0.434. The molecule has 2 rings (SSSR count). The second kappa shape index (κ2) is 9.73. The molecule has 0 aliphatic rings. The predicted octanol–water partition coefficient (Wildman–Crippen LogP) is 1.79. The van der Waals surface area contributed by atoms with Crippen LogP contribution in [0.3, 0.4) is 0 Å². The number of amides is 2. The van der Waals surface area contributed by atoms with E-state index in [0.717, 1.165) is 16.2 Å². The van der Waals surface area contributed by atoms with E-state index in [1.54, 1.807) is 19.2 Å². The number of likely N-dealkylation sites (N-methyl/N-ethyl adjacent to an activating group) is 1. The molecule has 0 aliphatic carbocycles. The molecule has 0 bridgehead atoms. The van der Waals surface area contributed by atoms with Crippen LogP contribution in [-0.4, -0.2) is 38.6 Å². The van der Waals surface area contributed by atoms with Gasteiger partial charge in [-0.05, 0) is 56.2 Å². The molecule has 0 saturated carbocycles. The van der Waals surface area contributed by atoms with Crippen molar-refractivity contribution < 1.29 is 19.2 Å². The van der Waals surface area contributed by atoms with Crippen LogP contribution in [0.15, 0.2) is 42.5 Å². The van der Waals surface area contributed by atoms with E-state index in [9.17, 15) is 9.59 Å². The van der Waals surface area contributed by atoms with Crippen LogP contribution in [0.1, 0.15) is 18.1 Å². The van der Waals surface area contributed by atoms with E-state index in [1.165, 1.54) is 5.56 Å². The molecule has 27 heavy (non-hydrogen) atoms. The molecule has 3 N–H and O–H groups in total. The lowest BCUT2D eigenvalue weighted by Gasteiger charge is -2.17. The number of hydrogen-bond donors (Lipinski definition) is 3. The molecule has 1 atom stereocenters. The maximum absolute atomic E-state index is 12.3. The fourth-order valence-electron chi connectivity index (χ4n) is 2.70. The number of anilines is 2. The first-order valence-electron chi connectivity index (χ1n) is 9.05. The monoisotopic (exact) mass is 370 g/mol. The molecule has 0 aromatic heterocycles. The molecule has 2 amide bonds. The molecule has 6 heteroatoms. The van der Waals surface area contributed by atoms with Gasteiger partial charge in [-0.15, -0.1) is 0 Å². The molecule has 0 spiro atoms. The fourth-order valence-corrected chi connectivity index (χ4v) is 2.70. The van der Waals surface area contributed by atoms with Gasteiger partial charge in [0.05, 0.1) is 13.7 Å². The molecule has 0 radical (unpaired) electrons. The number of nitrogens with one attached hydrogen (secondary N) is 3. The molecule has 2 aromatic carbocycles. The zero-order valence-corrected chi connectivity index (χ0v) is 16.4. The Labute approximate surface area is 160 Å². The van der Waals surface area contributed by atoms with Crippen molar-refractivity contribution in [2.75, 3.05) is 37.4 Å². The summed E-state index contributed by atoms with van der Waals surface area (Å²) in [6, 6.07) is 13.0. The standard InChI is InChI=1S/C21H27N3O3/c1-5-24(13-20(25)22-17-7-6-8-19(12-17)27-4)14-21(26)23-18-10-9-15(2)16(3)11-18/h6-12H,5,13-14H2,1-4H3,(H,22,25)(H,23,26)/p+1. The van der Waals surface area contributed by atoms with Crippen LogP contribution >= 0.6 is 0 Å². The molecular weight excluding hydrogens is 342 g/mol.